The Kier molecular flexibility index (Phi) is 5.40. The number of methoxy groups -OCH3 is 1. The summed E-state index contributed by atoms with van der Waals surface area (Å²) >= 11 is 0. The lowest BCUT2D eigenvalue weighted by atomic mass is 9.95. The summed E-state index contributed by atoms with van der Waals surface area (Å²) in [5, 5.41) is 10.5. The van der Waals surface area contributed by atoms with Gasteiger partial charge in [-0.25, -0.2) is 0 Å². The third-order valence-electron chi connectivity index (χ3n) is 3.83. The Morgan fingerprint density at radius 1 is 1.10 bits per heavy atom. The molecule has 0 aromatic heterocycles. The first-order valence-corrected chi connectivity index (χ1v) is 7.49. The molecular weight excluding hydrogens is 260 g/mol. The van der Waals surface area contributed by atoms with Gasteiger partial charge in [-0.2, -0.15) is 0 Å². The molecule has 0 aliphatic heterocycles. The van der Waals surface area contributed by atoms with E-state index >= 15 is 0 Å². The topological polar surface area (TPSA) is 29.5 Å². The van der Waals surface area contributed by atoms with E-state index in [9.17, 15) is 5.11 Å². The van der Waals surface area contributed by atoms with Crippen LogP contribution in [0, 0.1) is 13.8 Å². The van der Waals surface area contributed by atoms with Crippen LogP contribution in [0.1, 0.15) is 41.2 Å². The molecule has 1 unspecified atom stereocenters. The zero-order chi connectivity index (χ0) is 15.2. The van der Waals surface area contributed by atoms with Crippen molar-refractivity contribution in [1.82, 2.24) is 0 Å². The van der Waals surface area contributed by atoms with Gasteiger partial charge in [-0.1, -0.05) is 36.4 Å². The Labute approximate surface area is 127 Å². The van der Waals surface area contributed by atoms with Gasteiger partial charge >= 0.3 is 0 Å². The second-order valence-corrected chi connectivity index (χ2v) is 5.59. The standard InChI is InChI=1S/C19H24O2/c1-14-12-15(2)19(18(13-14)21-3)17(20)11-7-10-16-8-5-4-6-9-16/h4-6,8-9,12-13,17,20H,7,10-11H2,1-3H3. The summed E-state index contributed by atoms with van der Waals surface area (Å²) < 4.78 is 5.43. The Morgan fingerprint density at radius 2 is 1.81 bits per heavy atom. The molecule has 2 aromatic rings. The molecule has 1 N–H and O–H groups in total. The minimum Gasteiger partial charge on any atom is -0.496 e. The maximum atomic E-state index is 10.5. The van der Waals surface area contributed by atoms with Crippen molar-refractivity contribution in [3.63, 3.8) is 0 Å². The number of ether oxygens (including phenoxy) is 1. The third kappa shape index (κ3) is 4.08. The van der Waals surface area contributed by atoms with Crippen molar-refractivity contribution >= 4 is 0 Å². The quantitative estimate of drug-likeness (QED) is 0.853. The van der Waals surface area contributed by atoms with Gasteiger partial charge in [-0.3, -0.25) is 0 Å². The molecule has 0 heterocycles. The van der Waals surface area contributed by atoms with Crippen LogP contribution in [0.4, 0.5) is 0 Å². The van der Waals surface area contributed by atoms with E-state index in [-0.39, 0.29) is 0 Å². The molecule has 0 amide bonds. The SMILES string of the molecule is COc1cc(C)cc(C)c1C(O)CCCc1ccccc1. The molecule has 0 saturated heterocycles. The lowest BCUT2D eigenvalue weighted by Gasteiger charge is -2.18. The number of benzene rings is 2. The maximum Gasteiger partial charge on any atom is 0.125 e. The minimum absolute atomic E-state index is 0.468. The van der Waals surface area contributed by atoms with E-state index in [1.54, 1.807) is 7.11 Å². The molecule has 0 spiro atoms. The average Bonchev–Trinajstić information content (AvgIpc) is 2.47. The van der Waals surface area contributed by atoms with Crippen molar-refractivity contribution in [2.45, 2.75) is 39.2 Å². The van der Waals surface area contributed by atoms with E-state index in [1.165, 1.54) is 5.56 Å². The van der Waals surface area contributed by atoms with Crippen LogP contribution < -0.4 is 4.74 Å². The second kappa shape index (κ2) is 7.28. The van der Waals surface area contributed by atoms with Gasteiger partial charge < -0.3 is 9.84 Å². The highest BCUT2D eigenvalue weighted by Gasteiger charge is 2.16. The number of hydrogen-bond donors (Lipinski definition) is 1. The number of aryl methyl sites for hydroxylation is 3. The molecular formula is C19H24O2. The molecule has 0 fully saturated rings. The molecule has 0 bridgehead atoms. The van der Waals surface area contributed by atoms with Crippen LogP contribution in [-0.2, 0) is 6.42 Å². The van der Waals surface area contributed by atoms with E-state index < -0.39 is 6.10 Å². The number of hydrogen-bond acceptors (Lipinski definition) is 2. The van der Waals surface area contributed by atoms with Crippen LogP contribution in [0.3, 0.4) is 0 Å². The van der Waals surface area contributed by atoms with Crippen molar-refractivity contribution in [1.29, 1.82) is 0 Å². The molecule has 112 valence electrons. The summed E-state index contributed by atoms with van der Waals surface area (Å²) in [7, 11) is 1.66. The highest BCUT2D eigenvalue weighted by molar-refractivity contribution is 5.44. The van der Waals surface area contributed by atoms with E-state index in [0.717, 1.165) is 41.7 Å². The number of aliphatic hydroxyl groups is 1. The highest BCUT2D eigenvalue weighted by Crippen LogP contribution is 2.32. The Bertz CT molecular complexity index is 576. The van der Waals surface area contributed by atoms with Crippen LogP contribution in [0.2, 0.25) is 0 Å². The molecule has 2 aromatic carbocycles. The number of rotatable bonds is 6. The van der Waals surface area contributed by atoms with Gasteiger partial charge in [-0.15, -0.1) is 0 Å². The highest BCUT2D eigenvalue weighted by atomic mass is 16.5. The van der Waals surface area contributed by atoms with Gasteiger partial charge in [0.05, 0.1) is 13.2 Å². The summed E-state index contributed by atoms with van der Waals surface area (Å²) in [6.07, 6.45) is 2.23. The zero-order valence-electron chi connectivity index (χ0n) is 13.1. The van der Waals surface area contributed by atoms with Crippen LogP contribution in [0.25, 0.3) is 0 Å². The summed E-state index contributed by atoms with van der Waals surface area (Å²) in [5.74, 6) is 0.791. The van der Waals surface area contributed by atoms with Crippen LogP contribution in [0.5, 0.6) is 5.75 Å². The summed E-state index contributed by atoms with van der Waals surface area (Å²) in [4.78, 5) is 0. The van der Waals surface area contributed by atoms with E-state index in [4.69, 9.17) is 4.74 Å². The predicted octanol–water partition coefficient (Wildman–Crippen LogP) is 4.37. The van der Waals surface area contributed by atoms with Gasteiger partial charge in [0.2, 0.25) is 0 Å². The van der Waals surface area contributed by atoms with E-state index in [0.29, 0.717) is 0 Å². The Morgan fingerprint density at radius 3 is 2.48 bits per heavy atom. The van der Waals surface area contributed by atoms with Gasteiger partial charge in [0.25, 0.3) is 0 Å². The van der Waals surface area contributed by atoms with Crippen LogP contribution in [-0.4, -0.2) is 12.2 Å². The monoisotopic (exact) mass is 284 g/mol. The molecule has 2 heteroatoms. The van der Waals surface area contributed by atoms with Gasteiger partial charge in [-0.05, 0) is 55.9 Å². The summed E-state index contributed by atoms with van der Waals surface area (Å²) in [6.45, 7) is 4.08. The minimum atomic E-state index is -0.468. The van der Waals surface area contributed by atoms with Crippen molar-refractivity contribution in [3.05, 3.63) is 64.7 Å². The lowest BCUT2D eigenvalue weighted by Crippen LogP contribution is -2.04. The van der Waals surface area contributed by atoms with E-state index in [1.807, 2.05) is 26.0 Å². The molecule has 0 saturated carbocycles. The van der Waals surface area contributed by atoms with Gasteiger partial charge in [0, 0.05) is 5.56 Å². The second-order valence-electron chi connectivity index (χ2n) is 5.59. The molecule has 2 nitrogen and oxygen atoms in total. The summed E-state index contributed by atoms with van der Waals surface area (Å²) in [5.41, 5.74) is 4.50. The fourth-order valence-electron chi connectivity index (χ4n) is 2.82. The van der Waals surface area contributed by atoms with Crippen LogP contribution >= 0.6 is 0 Å². The van der Waals surface area contributed by atoms with Crippen molar-refractivity contribution in [3.8, 4) is 5.75 Å². The summed E-state index contributed by atoms with van der Waals surface area (Å²) in [6, 6.07) is 14.5. The largest absolute Gasteiger partial charge is 0.496 e. The number of aliphatic hydroxyl groups excluding tert-OH is 1. The zero-order valence-corrected chi connectivity index (χ0v) is 13.1. The first kappa shape index (κ1) is 15.6. The average molecular weight is 284 g/mol. The fraction of sp³-hybridized carbons (Fsp3) is 0.368. The van der Waals surface area contributed by atoms with E-state index in [2.05, 4.69) is 30.3 Å². The molecule has 2 rings (SSSR count). The van der Waals surface area contributed by atoms with Crippen molar-refractivity contribution < 1.29 is 9.84 Å². The van der Waals surface area contributed by atoms with Gasteiger partial charge in [0.1, 0.15) is 5.75 Å². The molecule has 21 heavy (non-hydrogen) atoms. The third-order valence-corrected chi connectivity index (χ3v) is 3.83. The van der Waals surface area contributed by atoms with Gasteiger partial charge in [0.15, 0.2) is 0 Å². The van der Waals surface area contributed by atoms with Crippen molar-refractivity contribution in [2.75, 3.05) is 7.11 Å². The maximum absolute atomic E-state index is 10.5. The normalized spacial score (nSPS) is 12.2. The first-order valence-electron chi connectivity index (χ1n) is 7.49. The van der Waals surface area contributed by atoms with Crippen molar-refractivity contribution in [2.24, 2.45) is 0 Å². The molecule has 0 aliphatic rings. The Hall–Kier alpha value is -1.80. The Balaban J connectivity index is 2.02. The smallest absolute Gasteiger partial charge is 0.125 e. The first-order chi connectivity index (χ1) is 10.1. The molecule has 1 atom stereocenters. The molecule has 0 radical (unpaired) electrons. The fourth-order valence-corrected chi connectivity index (χ4v) is 2.82. The lowest BCUT2D eigenvalue weighted by molar-refractivity contribution is 0.160. The van der Waals surface area contributed by atoms with Crippen LogP contribution in [0.15, 0.2) is 42.5 Å². The molecule has 0 aliphatic carbocycles. The predicted molar refractivity (Wildman–Crippen MR) is 86.8 cm³/mol.